The molecule has 3 fully saturated rings. The molecule has 3 aliphatic rings. The van der Waals surface area contributed by atoms with Gasteiger partial charge in [-0.25, -0.2) is 0 Å². The van der Waals surface area contributed by atoms with Gasteiger partial charge in [-0.2, -0.15) is 0 Å². The van der Waals surface area contributed by atoms with E-state index in [-0.39, 0.29) is 5.91 Å². The van der Waals surface area contributed by atoms with Crippen molar-refractivity contribution in [2.45, 2.75) is 70.0 Å². The van der Waals surface area contributed by atoms with Gasteiger partial charge in [-0.15, -0.1) is 0 Å². The molecule has 3 saturated heterocycles. The van der Waals surface area contributed by atoms with Crippen molar-refractivity contribution >= 4 is 11.6 Å². The third-order valence-corrected chi connectivity index (χ3v) is 4.45. The van der Waals surface area contributed by atoms with Crippen LogP contribution in [0.2, 0.25) is 0 Å². The van der Waals surface area contributed by atoms with Crippen LogP contribution < -0.4 is 5.32 Å². The van der Waals surface area contributed by atoms with E-state index in [0.29, 0.717) is 5.69 Å². The van der Waals surface area contributed by atoms with Gasteiger partial charge in [0.1, 0.15) is 18.3 Å². The van der Waals surface area contributed by atoms with Crippen LogP contribution in [-0.4, -0.2) is 48.2 Å². The summed E-state index contributed by atoms with van der Waals surface area (Å²) in [5.74, 6) is -1.93. The highest BCUT2D eigenvalue weighted by atomic mass is 16.9. The number of hydrogen-bond acceptors (Lipinski definition) is 6. The Morgan fingerprint density at radius 2 is 1.48 bits per heavy atom. The van der Waals surface area contributed by atoms with E-state index in [1.807, 2.05) is 58.0 Å². The van der Waals surface area contributed by atoms with E-state index in [1.54, 1.807) is 0 Å². The molecular weight excluding hydrogens is 326 g/mol. The maximum absolute atomic E-state index is 12.8. The molecule has 0 saturated carbocycles. The van der Waals surface area contributed by atoms with Crippen LogP contribution in [0.15, 0.2) is 30.3 Å². The first-order valence-corrected chi connectivity index (χ1v) is 8.47. The van der Waals surface area contributed by atoms with Crippen molar-refractivity contribution in [3.05, 3.63) is 30.3 Å². The summed E-state index contributed by atoms with van der Waals surface area (Å²) in [4.78, 5) is 12.8. The fourth-order valence-electron chi connectivity index (χ4n) is 3.56. The molecule has 1 amide bonds. The number of rotatable bonds is 2. The first kappa shape index (κ1) is 16.9. The lowest BCUT2D eigenvalue weighted by Crippen LogP contribution is -2.58. The van der Waals surface area contributed by atoms with Crippen molar-refractivity contribution in [2.75, 3.05) is 5.32 Å². The molecule has 7 nitrogen and oxygen atoms in total. The molecule has 1 aromatic carbocycles. The summed E-state index contributed by atoms with van der Waals surface area (Å²) in [6.07, 6.45) is -2.99. The number of amides is 1. The van der Waals surface area contributed by atoms with Crippen LogP contribution >= 0.6 is 0 Å². The normalized spacial score (nSPS) is 38.0. The number of ether oxygens (including phenoxy) is 5. The molecule has 1 aromatic rings. The number of anilines is 1. The van der Waals surface area contributed by atoms with Gasteiger partial charge in [0.15, 0.2) is 24.0 Å². The van der Waals surface area contributed by atoms with E-state index in [1.165, 1.54) is 0 Å². The lowest BCUT2D eigenvalue weighted by atomic mass is 9.98. The second kappa shape index (κ2) is 5.75. The Morgan fingerprint density at radius 1 is 0.880 bits per heavy atom. The topological polar surface area (TPSA) is 75.3 Å². The second-order valence-electron chi connectivity index (χ2n) is 7.45. The molecule has 7 heteroatoms. The quantitative estimate of drug-likeness (QED) is 0.880. The molecule has 0 unspecified atom stereocenters. The van der Waals surface area contributed by atoms with Gasteiger partial charge in [-0.05, 0) is 39.8 Å². The molecule has 136 valence electrons. The summed E-state index contributed by atoms with van der Waals surface area (Å²) in [5, 5.41) is 2.86. The molecule has 4 rings (SSSR count). The van der Waals surface area contributed by atoms with E-state index in [2.05, 4.69) is 5.32 Å². The fraction of sp³-hybridized carbons (Fsp3) is 0.611. The maximum atomic E-state index is 12.8. The first-order chi connectivity index (χ1) is 11.7. The zero-order valence-electron chi connectivity index (χ0n) is 14.7. The van der Waals surface area contributed by atoms with Gasteiger partial charge in [-0.1, -0.05) is 18.2 Å². The summed E-state index contributed by atoms with van der Waals surface area (Å²) in [6, 6.07) is 9.22. The fourth-order valence-corrected chi connectivity index (χ4v) is 3.56. The summed E-state index contributed by atoms with van der Waals surface area (Å²) in [6.45, 7) is 7.24. The van der Waals surface area contributed by atoms with Crippen LogP contribution in [0.5, 0.6) is 0 Å². The van der Waals surface area contributed by atoms with Crippen LogP contribution in [0.4, 0.5) is 5.69 Å². The Labute approximate surface area is 146 Å². The van der Waals surface area contributed by atoms with Crippen molar-refractivity contribution in [3.63, 3.8) is 0 Å². The highest BCUT2D eigenvalue weighted by Crippen LogP contribution is 2.44. The average molecular weight is 349 g/mol. The molecule has 0 radical (unpaired) electrons. The Hall–Kier alpha value is -1.51. The standard InChI is InChI=1S/C18H23NO6/c1-17(2)22-11-12(23-17)14-16(25-18(3,4)24-14)21-13(11)15(20)19-10-8-6-5-7-9-10/h5-9,11-14,16H,1-4H3,(H,19,20)/t11-,12+,13+,14+,16-/m0/s1. The van der Waals surface area contributed by atoms with E-state index in [0.717, 1.165) is 0 Å². The van der Waals surface area contributed by atoms with Gasteiger partial charge in [0.25, 0.3) is 5.91 Å². The Balaban J connectivity index is 1.58. The van der Waals surface area contributed by atoms with Crippen molar-refractivity contribution in [2.24, 2.45) is 0 Å². The SMILES string of the molecule is CC1(C)O[C@@H]2O[C@@H](C(=O)Nc3ccccc3)[C@H]3OC(C)(C)O[C@H]3[C@H]2O1. The third kappa shape index (κ3) is 3.18. The number of fused-ring (bicyclic) bond motifs is 3. The van der Waals surface area contributed by atoms with Crippen molar-refractivity contribution < 1.29 is 28.5 Å². The Morgan fingerprint density at radius 3 is 2.20 bits per heavy atom. The largest absolute Gasteiger partial charge is 0.342 e. The van der Waals surface area contributed by atoms with Crippen LogP contribution in [-0.2, 0) is 28.5 Å². The van der Waals surface area contributed by atoms with Crippen molar-refractivity contribution in [1.29, 1.82) is 0 Å². The molecule has 0 aromatic heterocycles. The van der Waals surface area contributed by atoms with Crippen LogP contribution in [0.3, 0.4) is 0 Å². The summed E-state index contributed by atoms with van der Waals surface area (Å²) >= 11 is 0. The van der Waals surface area contributed by atoms with Gasteiger partial charge in [0.05, 0.1) is 0 Å². The van der Waals surface area contributed by atoms with Crippen molar-refractivity contribution in [3.8, 4) is 0 Å². The number of carbonyl (C=O) groups is 1. The predicted molar refractivity (Wildman–Crippen MR) is 87.6 cm³/mol. The lowest BCUT2D eigenvalue weighted by molar-refractivity contribution is -0.229. The first-order valence-electron chi connectivity index (χ1n) is 8.47. The number of carbonyl (C=O) groups excluding carboxylic acids is 1. The molecule has 3 heterocycles. The molecule has 0 aliphatic carbocycles. The lowest BCUT2D eigenvalue weighted by Gasteiger charge is -2.36. The zero-order chi connectivity index (χ0) is 17.8. The molecule has 1 N–H and O–H groups in total. The van der Waals surface area contributed by atoms with E-state index in [4.69, 9.17) is 23.7 Å². The number of nitrogens with one attached hydrogen (secondary N) is 1. The van der Waals surface area contributed by atoms with Gasteiger partial charge >= 0.3 is 0 Å². The third-order valence-electron chi connectivity index (χ3n) is 4.45. The molecule has 25 heavy (non-hydrogen) atoms. The van der Waals surface area contributed by atoms with Crippen LogP contribution in [0, 0.1) is 0 Å². The van der Waals surface area contributed by atoms with E-state index < -0.39 is 42.3 Å². The number of hydrogen-bond donors (Lipinski definition) is 1. The monoisotopic (exact) mass is 349 g/mol. The smallest absolute Gasteiger partial charge is 0.256 e. The Bertz CT molecular complexity index is 661. The number of benzene rings is 1. The van der Waals surface area contributed by atoms with Crippen LogP contribution in [0.25, 0.3) is 0 Å². The van der Waals surface area contributed by atoms with Crippen LogP contribution in [0.1, 0.15) is 27.7 Å². The van der Waals surface area contributed by atoms with Gasteiger partial charge in [0.2, 0.25) is 0 Å². The van der Waals surface area contributed by atoms with Crippen molar-refractivity contribution in [1.82, 2.24) is 0 Å². The molecule has 5 atom stereocenters. The summed E-state index contributed by atoms with van der Waals surface area (Å²) in [5.41, 5.74) is 0.692. The Kier molecular flexibility index (Phi) is 3.90. The average Bonchev–Trinajstić information content (AvgIpc) is 3.01. The zero-order valence-corrected chi connectivity index (χ0v) is 14.7. The molecular formula is C18H23NO6. The molecule has 3 aliphatic heterocycles. The highest BCUT2D eigenvalue weighted by Gasteiger charge is 2.62. The number of para-hydroxylation sites is 1. The summed E-state index contributed by atoms with van der Waals surface area (Å²) in [7, 11) is 0. The highest BCUT2D eigenvalue weighted by molar-refractivity contribution is 5.94. The van der Waals surface area contributed by atoms with E-state index >= 15 is 0 Å². The van der Waals surface area contributed by atoms with Gasteiger partial charge in [0, 0.05) is 5.69 Å². The minimum absolute atomic E-state index is 0.297. The summed E-state index contributed by atoms with van der Waals surface area (Å²) < 4.78 is 29.6. The minimum atomic E-state index is -0.856. The minimum Gasteiger partial charge on any atom is -0.342 e. The predicted octanol–water partition coefficient (Wildman–Crippen LogP) is 2.02. The van der Waals surface area contributed by atoms with Gasteiger partial charge < -0.3 is 29.0 Å². The second-order valence-corrected chi connectivity index (χ2v) is 7.45. The maximum Gasteiger partial charge on any atom is 0.256 e. The molecule has 0 spiro atoms. The molecule has 0 bridgehead atoms. The van der Waals surface area contributed by atoms with Gasteiger partial charge in [-0.3, -0.25) is 4.79 Å². The van der Waals surface area contributed by atoms with E-state index in [9.17, 15) is 4.79 Å².